The monoisotopic (exact) mass is 344 g/mol. The maximum absolute atomic E-state index is 14.1. The lowest BCUT2D eigenvalue weighted by Gasteiger charge is -2.16. The van der Waals surface area contributed by atoms with E-state index in [1.165, 1.54) is 11.6 Å². The van der Waals surface area contributed by atoms with E-state index in [1.807, 2.05) is 0 Å². The number of halogens is 4. The molecule has 9 heteroatoms. The van der Waals surface area contributed by atoms with Crippen LogP contribution in [0.4, 0.5) is 23.4 Å². The lowest BCUT2D eigenvalue weighted by Crippen LogP contribution is -2.17. The van der Waals surface area contributed by atoms with E-state index in [4.69, 9.17) is 11.5 Å². The van der Waals surface area contributed by atoms with Crippen LogP contribution in [0.5, 0.6) is 0 Å². The Morgan fingerprint density at radius 2 is 2.00 bits per heavy atom. The minimum Gasteiger partial charge on any atom is -0.383 e. The summed E-state index contributed by atoms with van der Waals surface area (Å²) in [5, 5.41) is 4.14. The number of nitrogens with zero attached hydrogens (tertiary/aromatic N) is 2. The molecule has 0 saturated heterocycles. The number of hydrogen-bond acceptors (Lipinski definition) is 3. The highest BCUT2D eigenvalue weighted by Gasteiger charge is 2.32. The quantitative estimate of drug-likeness (QED) is 0.836. The van der Waals surface area contributed by atoms with Gasteiger partial charge in [0.25, 0.3) is 5.91 Å². The Bertz CT molecular complexity index is 783. The highest BCUT2D eigenvalue weighted by atomic mass is 19.4. The fraction of sp³-hybridized carbons (Fsp3) is 0.333. The maximum Gasteiger partial charge on any atom is 0.416 e. The lowest BCUT2D eigenvalue weighted by atomic mass is 10.0. The second-order valence-corrected chi connectivity index (χ2v) is 5.28. The molecule has 1 heterocycles. The van der Waals surface area contributed by atoms with Crippen molar-refractivity contribution in [2.24, 2.45) is 5.73 Å². The predicted molar refractivity (Wildman–Crippen MR) is 79.8 cm³/mol. The van der Waals surface area contributed by atoms with Crippen LogP contribution in [0.15, 0.2) is 18.2 Å². The zero-order valence-corrected chi connectivity index (χ0v) is 13.0. The van der Waals surface area contributed by atoms with Crippen molar-refractivity contribution in [3.8, 4) is 0 Å². The van der Waals surface area contributed by atoms with Crippen LogP contribution < -0.4 is 11.5 Å². The number of aromatic nitrogens is 2. The number of nitrogens with two attached hydrogens (primary N) is 2. The minimum absolute atomic E-state index is 0.0316. The number of primary amides is 1. The zero-order chi connectivity index (χ0) is 18.2. The average molecular weight is 344 g/mol. The molecule has 2 rings (SSSR count). The third kappa shape index (κ3) is 3.06. The number of hydrogen-bond donors (Lipinski definition) is 2. The molecule has 5 nitrogen and oxygen atoms in total. The summed E-state index contributed by atoms with van der Waals surface area (Å²) < 4.78 is 53.2. The summed E-state index contributed by atoms with van der Waals surface area (Å²) in [4.78, 5) is 11.5. The van der Waals surface area contributed by atoms with Gasteiger partial charge < -0.3 is 11.5 Å². The first-order chi connectivity index (χ1) is 11.1. The van der Waals surface area contributed by atoms with Crippen molar-refractivity contribution in [2.75, 3.05) is 5.73 Å². The van der Waals surface area contributed by atoms with Crippen molar-refractivity contribution in [2.45, 2.75) is 32.5 Å². The van der Waals surface area contributed by atoms with Crippen molar-refractivity contribution in [1.29, 1.82) is 0 Å². The smallest absolute Gasteiger partial charge is 0.383 e. The predicted octanol–water partition coefficient (Wildman–Crippen LogP) is 2.89. The molecule has 0 spiro atoms. The second kappa shape index (κ2) is 6.14. The molecule has 1 unspecified atom stereocenters. The van der Waals surface area contributed by atoms with E-state index >= 15 is 0 Å². The van der Waals surface area contributed by atoms with Gasteiger partial charge in [0.05, 0.1) is 17.3 Å². The Kier molecular flexibility index (Phi) is 4.54. The fourth-order valence-electron chi connectivity index (χ4n) is 2.48. The van der Waals surface area contributed by atoms with Crippen LogP contribution in [0.25, 0.3) is 0 Å². The first kappa shape index (κ1) is 17.8. The fourth-order valence-corrected chi connectivity index (χ4v) is 2.48. The number of anilines is 1. The Morgan fingerprint density at radius 1 is 1.38 bits per heavy atom. The molecule has 0 aliphatic rings. The summed E-state index contributed by atoms with van der Waals surface area (Å²) in [5.74, 6) is -1.85. The molecule has 4 N–H and O–H groups in total. The molecule has 0 saturated carbocycles. The summed E-state index contributed by atoms with van der Waals surface area (Å²) in [7, 11) is 0. The summed E-state index contributed by atoms with van der Waals surface area (Å²) in [5.41, 5.74) is 10.4. The molecule has 2 aromatic rings. The third-order valence-electron chi connectivity index (χ3n) is 3.75. The third-order valence-corrected chi connectivity index (χ3v) is 3.75. The Morgan fingerprint density at radius 3 is 2.42 bits per heavy atom. The van der Waals surface area contributed by atoms with E-state index in [1.54, 1.807) is 6.92 Å². The van der Waals surface area contributed by atoms with E-state index in [0.717, 1.165) is 12.1 Å². The normalized spacial score (nSPS) is 13.1. The van der Waals surface area contributed by atoms with Gasteiger partial charge in [-0.05, 0) is 25.5 Å². The number of nitrogen functional groups attached to an aromatic ring is 1. The molecule has 1 aromatic carbocycles. The number of carbonyl (C=O) groups excluding carboxylic acids is 1. The summed E-state index contributed by atoms with van der Waals surface area (Å²) in [6.45, 7) is 3.25. The highest BCUT2D eigenvalue weighted by molar-refractivity contribution is 5.98. The van der Waals surface area contributed by atoms with Gasteiger partial charge in [0.2, 0.25) is 0 Å². The van der Waals surface area contributed by atoms with E-state index < -0.39 is 29.5 Å². The van der Waals surface area contributed by atoms with Gasteiger partial charge in [-0.3, -0.25) is 4.79 Å². The molecule has 1 atom stereocenters. The van der Waals surface area contributed by atoms with Crippen molar-refractivity contribution >= 4 is 11.7 Å². The van der Waals surface area contributed by atoms with Gasteiger partial charge in [-0.25, -0.2) is 9.07 Å². The lowest BCUT2D eigenvalue weighted by molar-refractivity contribution is -0.137. The number of benzene rings is 1. The standard InChI is InChI=1S/C15H16F4N4O/c1-3-11-12(14(21)24)13(20)23(22-11)7(2)9-5-4-8(6-10(9)16)15(17,18)19/h4-7H,3,20H2,1-2H3,(H2,21,24). The zero-order valence-electron chi connectivity index (χ0n) is 13.0. The van der Waals surface area contributed by atoms with Gasteiger partial charge in [0, 0.05) is 5.56 Å². The summed E-state index contributed by atoms with van der Waals surface area (Å²) in [6.07, 6.45) is -4.26. The largest absolute Gasteiger partial charge is 0.416 e. The van der Waals surface area contributed by atoms with E-state index in [0.29, 0.717) is 18.2 Å². The van der Waals surface area contributed by atoms with Crippen LogP contribution in [0.1, 0.15) is 47.1 Å². The number of amides is 1. The molecule has 130 valence electrons. The van der Waals surface area contributed by atoms with Gasteiger partial charge in [-0.15, -0.1) is 0 Å². The molecule has 0 fully saturated rings. The number of aryl methyl sites for hydroxylation is 1. The van der Waals surface area contributed by atoms with E-state index in [2.05, 4.69) is 5.10 Å². The van der Waals surface area contributed by atoms with Gasteiger partial charge in [0.15, 0.2) is 0 Å². The number of alkyl halides is 3. The molecule has 0 bridgehead atoms. The van der Waals surface area contributed by atoms with Crippen LogP contribution in [0, 0.1) is 5.82 Å². The van der Waals surface area contributed by atoms with E-state index in [9.17, 15) is 22.4 Å². The van der Waals surface area contributed by atoms with Crippen molar-refractivity contribution in [3.05, 3.63) is 46.4 Å². The van der Waals surface area contributed by atoms with Crippen molar-refractivity contribution < 1.29 is 22.4 Å². The Hall–Kier alpha value is -2.58. The van der Waals surface area contributed by atoms with Crippen LogP contribution >= 0.6 is 0 Å². The first-order valence-corrected chi connectivity index (χ1v) is 7.11. The Balaban J connectivity index is 2.50. The maximum atomic E-state index is 14.1. The molecule has 0 aliphatic heterocycles. The number of rotatable bonds is 4. The Labute approximate surface area is 135 Å². The molecule has 1 aromatic heterocycles. The summed E-state index contributed by atoms with van der Waals surface area (Å²) in [6, 6.07) is 1.41. The van der Waals surface area contributed by atoms with E-state index in [-0.39, 0.29) is 16.9 Å². The molecular formula is C15H16F4N4O. The van der Waals surface area contributed by atoms with Crippen molar-refractivity contribution in [1.82, 2.24) is 9.78 Å². The molecule has 0 radical (unpaired) electrons. The molecule has 24 heavy (non-hydrogen) atoms. The SMILES string of the molecule is CCc1nn(C(C)c2ccc(C(F)(F)F)cc2F)c(N)c1C(N)=O. The van der Waals surface area contributed by atoms with Gasteiger partial charge >= 0.3 is 6.18 Å². The van der Waals surface area contributed by atoms with Gasteiger partial charge in [-0.2, -0.15) is 18.3 Å². The van der Waals surface area contributed by atoms with Crippen LogP contribution in [-0.4, -0.2) is 15.7 Å². The highest BCUT2D eigenvalue weighted by Crippen LogP contribution is 2.33. The summed E-state index contributed by atoms with van der Waals surface area (Å²) >= 11 is 0. The van der Waals surface area contributed by atoms with Crippen LogP contribution in [0.3, 0.4) is 0 Å². The van der Waals surface area contributed by atoms with Crippen LogP contribution in [-0.2, 0) is 12.6 Å². The topological polar surface area (TPSA) is 86.9 Å². The molecule has 1 amide bonds. The van der Waals surface area contributed by atoms with Crippen molar-refractivity contribution in [3.63, 3.8) is 0 Å². The average Bonchev–Trinajstić information content (AvgIpc) is 2.82. The minimum atomic E-state index is -4.64. The van der Waals surface area contributed by atoms with Gasteiger partial charge in [0.1, 0.15) is 17.2 Å². The van der Waals surface area contributed by atoms with Crippen LogP contribution in [0.2, 0.25) is 0 Å². The first-order valence-electron chi connectivity index (χ1n) is 7.11. The van der Waals surface area contributed by atoms with Gasteiger partial charge in [-0.1, -0.05) is 13.0 Å². The second-order valence-electron chi connectivity index (χ2n) is 5.28. The molecular weight excluding hydrogens is 328 g/mol. The number of carbonyl (C=O) groups is 1. The molecule has 0 aliphatic carbocycles.